The molecule has 2 amide bonds. The van der Waals surface area contributed by atoms with Gasteiger partial charge in [0.1, 0.15) is 12.4 Å². The molecule has 0 fully saturated rings. The van der Waals surface area contributed by atoms with Gasteiger partial charge in [0.25, 0.3) is 0 Å². The zero-order chi connectivity index (χ0) is 26.9. The largest absolute Gasteiger partial charge is 0.497 e. The molecule has 2 aromatic rings. The highest BCUT2D eigenvalue weighted by Gasteiger charge is 2.32. The van der Waals surface area contributed by atoms with E-state index in [4.69, 9.17) is 18.9 Å². The number of amides is 2. The maximum atomic E-state index is 12.4. The number of hydrazone groups is 1. The number of allylic oxidation sites excluding steroid dienone is 1. The molecule has 11 heteroatoms. The van der Waals surface area contributed by atoms with Gasteiger partial charge >= 0.3 is 12.0 Å². The number of nitrogens with one attached hydrogen (secondary N) is 3. The topological polar surface area (TPSA) is 140 Å². The highest BCUT2D eigenvalue weighted by atomic mass is 16.5. The van der Waals surface area contributed by atoms with Crippen molar-refractivity contribution >= 4 is 18.2 Å². The zero-order valence-corrected chi connectivity index (χ0v) is 21.5. The van der Waals surface area contributed by atoms with Crippen LogP contribution in [0.4, 0.5) is 4.79 Å². The van der Waals surface area contributed by atoms with E-state index in [1.165, 1.54) is 7.11 Å². The molecule has 1 aliphatic heterocycles. The number of carbonyl (C=O) groups is 2. The first-order valence-electron chi connectivity index (χ1n) is 11.6. The molecule has 0 saturated heterocycles. The summed E-state index contributed by atoms with van der Waals surface area (Å²) in [6.45, 7) is 5.62. The van der Waals surface area contributed by atoms with Crippen LogP contribution in [-0.4, -0.2) is 57.0 Å². The molecule has 1 heterocycles. The Morgan fingerprint density at radius 3 is 2.62 bits per heavy atom. The molecular formula is C26H32N4O7. The molecule has 0 aromatic heterocycles. The molecule has 2 aromatic carbocycles. The van der Waals surface area contributed by atoms with Crippen LogP contribution >= 0.6 is 0 Å². The van der Waals surface area contributed by atoms with Gasteiger partial charge in [0.05, 0.1) is 38.7 Å². The lowest BCUT2D eigenvalue weighted by atomic mass is 9.95. The number of carbonyl (C=O) groups excluding carboxylic acids is 2. The van der Waals surface area contributed by atoms with Crippen molar-refractivity contribution in [3.8, 4) is 17.2 Å². The zero-order valence-electron chi connectivity index (χ0n) is 21.5. The van der Waals surface area contributed by atoms with Gasteiger partial charge in [-0.2, -0.15) is 5.10 Å². The molecule has 0 aliphatic carbocycles. The van der Waals surface area contributed by atoms with Crippen LogP contribution in [0.3, 0.4) is 0 Å². The summed E-state index contributed by atoms with van der Waals surface area (Å²) in [5.41, 5.74) is 5.75. The lowest BCUT2D eigenvalue weighted by Crippen LogP contribution is -2.45. The van der Waals surface area contributed by atoms with Gasteiger partial charge in [-0.05, 0) is 67.8 Å². The third-order valence-electron chi connectivity index (χ3n) is 5.58. The SMILES string of the molecule is CCOc1cc([C@H]2NC(=O)NC(C)=C2C(=O)OC)ccc1OC[C@@H](O)N/N=C\c1ccc(OC)cc1C. The van der Waals surface area contributed by atoms with Gasteiger partial charge in [0.2, 0.25) is 0 Å². The number of hydrogen-bond donors (Lipinski definition) is 4. The molecule has 4 N–H and O–H groups in total. The van der Waals surface area contributed by atoms with E-state index in [1.54, 1.807) is 38.4 Å². The third-order valence-corrected chi connectivity index (χ3v) is 5.58. The molecule has 0 unspecified atom stereocenters. The number of aryl methyl sites for hydroxylation is 1. The Kier molecular flexibility index (Phi) is 9.33. The predicted molar refractivity (Wildman–Crippen MR) is 137 cm³/mol. The predicted octanol–water partition coefficient (Wildman–Crippen LogP) is 2.52. The number of ether oxygens (including phenoxy) is 4. The van der Waals surface area contributed by atoms with Crippen molar-refractivity contribution in [3.63, 3.8) is 0 Å². The highest BCUT2D eigenvalue weighted by molar-refractivity contribution is 5.95. The summed E-state index contributed by atoms with van der Waals surface area (Å²) >= 11 is 0. The molecule has 198 valence electrons. The molecule has 1 aliphatic rings. The van der Waals surface area contributed by atoms with E-state index in [-0.39, 0.29) is 12.2 Å². The molecule has 37 heavy (non-hydrogen) atoms. The number of nitrogens with zero attached hydrogens (tertiary/aromatic N) is 1. The van der Waals surface area contributed by atoms with Crippen LogP contribution in [0.15, 0.2) is 52.8 Å². The van der Waals surface area contributed by atoms with Crippen molar-refractivity contribution in [1.82, 2.24) is 16.1 Å². The number of esters is 1. The van der Waals surface area contributed by atoms with Gasteiger partial charge in [-0.1, -0.05) is 6.07 Å². The lowest BCUT2D eigenvalue weighted by Gasteiger charge is -2.28. The second-order valence-electron chi connectivity index (χ2n) is 8.14. The minimum Gasteiger partial charge on any atom is -0.497 e. The Hall–Kier alpha value is -4.25. The number of aliphatic hydroxyl groups excluding tert-OH is 1. The van der Waals surface area contributed by atoms with Crippen LogP contribution in [0.1, 0.15) is 36.6 Å². The van der Waals surface area contributed by atoms with Gasteiger partial charge in [0.15, 0.2) is 17.7 Å². The Bertz CT molecular complexity index is 1200. The molecule has 0 spiro atoms. The summed E-state index contributed by atoms with van der Waals surface area (Å²) in [4.78, 5) is 24.4. The second kappa shape index (κ2) is 12.6. The smallest absolute Gasteiger partial charge is 0.337 e. The third kappa shape index (κ3) is 6.91. The van der Waals surface area contributed by atoms with Crippen LogP contribution in [0.2, 0.25) is 0 Å². The van der Waals surface area contributed by atoms with Gasteiger partial charge in [-0.15, -0.1) is 0 Å². The quantitative estimate of drug-likeness (QED) is 0.156. The van der Waals surface area contributed by atoms with Crippen LogP contribution in [0.25, 0.3) is 0 Å². The average Bonchev–Trinajstić information content (AvgIpc) is 2.88. The minimum absolute atomic E-state index is 0.116. The number of aliphatic hydroxyl groups is 1. The maximum absolute atomic E-state index is 12.4. The number of benzene rings is 2. The molecule has 2 atom stereocenters. The summed E-state index contributed by atoms with van der Waals surface area (Å²) in [6.07, 6.45) is 0.504. The van der Waals surface area contributed by atoms with Crippen molar-refractivity contribution in [3.05, 3.63) is 64.4 Å². The van der Waals surface area contributed by atoms with Gasteiger partial charge in [0, 0.05) is 5.70 Å². The summed E-state index contributed by atoms with van der Waals surface area (Å²) in [5, 5.41) is 19.7. The van der Waals surface area contributed by atoms with Gasteiger partial charge in [-0.25, -0.2) is 9.59 Å². The fourth-order valence-electron chi connectivity index (χ4n) is 3.73. The summed E-state index contributed by atoms with van der Waals surface area (Å²) in [7, 11) is 2.88. The Morgan fingerprint density at radius 2 is 1.95 bits per heavy atom. The fraction of sp³-hybridized carbons (Fsp3) is 0.346. The monoisotopic (exact) mass is 512 g/mol. The standard InChI is InChI=1S/C26H32N4O7/c1-6-36-21-12-17(24-23(25(32)35-5)16(3)28-26(33)29-24)8-10-20(21)37-14-22(31)30-27-13-18-7-9-19(34-4)11-15(18)2/h7-13,22,24,30-31H,6,14H2,1-5H3,(H2,28,29,33)/b27-13-/t22-,24-/m1/s1. The first-order chi connectivity index (χ1) is 17.8. The summed E-state index contributed by atoms with van der Waals surface area (Å²) in [5.74, 6) is 0.955. The molecule has 0 saturated carbocycles. The molecule has 0 radical (unpaired) electrons. The van der Waals surface area contributed by atoms with Crippen molar-refractivity contribution in [2.45, 2.75) is 33.0 Å². The van der Waals surface area contributed by atoms with E-state index in [1.807, 2.05) is 32.0 Å². The van der Waals surface area contributed by atoms with Gasteiger partial charge in [-0.3, -0.25) is 5.43 Å². The van der Waals surface area contributed by atoms with E-state index in [0.717, 1.165) is 16.9 Å². The Balaban J connectivity index is 1.70. The Morgan fingerprint density at radius 1 is 1.16 bits per heavy atom. The van der Waals surface area contributed by atoms with Gasteiger partial charge < -0.3 is 34.7 Å². The van der Waals surface area contributed by atoms with E-state index >= 15 is 0 Å². The molecule has 0 bridgehead atoms. The van der Waals surface area contributed by atoms with Crippen LogP contribution in [0, 0.1) is 6.92 Å². The number of urea groups is 1. The second-order valence-corrected chi connectivity index (χ2v) is 8.14. The Labute approximate surface area is 215 Å². The number of rotatable bonds is 11. The first-order valence-corrected chi connectivity index (χ1v) is 11.6. The van der Waals surface area contributed by atoms with Crippen LogP contribution < -0.4 is 30.3 Å². The van der Waals surface area contributed by atoms with E-state index in [9.17, 15) is 14.7 Å². The maximum Gasteiger partial charge on any atom is 0.337 e. The van der Waals surface area contributed by atoms with Crippen molar-refractivity contribution in [1.29, 1.82) is 0 Å². The molecule has 3 rings (SSSR count). The van der Waals surface area contributed by atoms with E-state index < -0.39 is 24.3 Å². The van der Waals surface area contributed by atoms with Crippen LogP contribution in [-0.2, 0) is 9.53 Å². The van der Waals surface area contributed by atoms with Crippen molar-refractivity contribution in [2.24, 2.45) is 5.10 Å². The van der Waals surface area contributed by atoms with E-state index in [0.29, 0.717) is 29.4 Å². The lowest BCUT2D eigenvalue weighted by molar-refractivity contribution is -0.136. The molecular weight excluding hydrogens is 480 g/mol. The molecule has 11 nitrogen and oxygen atoms in total. The minimum atomic E-state index is -1.09. The normalized spacial score (nSPS) is 16.1. The van der Waals surface area contributed by atoms with Crippen molar-refractivity contribution in [2.75, 3.05) is 27.4 Å². The summed E-state index contributed by atoms with van der Waals surface area (Å²) in [6, 6.07) is 9.43. The highest BCUT2D eigenvalue weighted by Crippen LogP contribution is 2.34. The van der Waals surface area contributed by atoms with Crippen molar-refractivity contribution < 1.29 is 33.6 Å². The van der Waals surface area contributed by atoms with Crippen LogP contribution in [0.5, 0.6) is 17.2 Å². The summed E-state index contributed by atoms with van der Waals surface area (Å²) < 4.78 is 21.6. The number of methoxy groups -OCH3 is 2. The fourth-order valence-corrected chi connectivity index (χ4v) is 3.73. The first kappa shape index (κ1) is 27.3. The van der Waals surface area contributed by atoms with E-state index in [2.05, 4.69) is 21.2 Å². The average molecular weight is 513 g/mol. The number of hydrogen-bond acceptors (Lipinski definition) is 9.